The number of anilines is 2. The van der Waals surface area contributed by atoms with Crippen molar-refractivity contribution in [2.45, 2.75) is 18.9 Å². The number of benzene rings is 2. The van der Waals surface area contributed by atoms with Crippen molar-refractivity contribution in [3.05, 3.63) is 66.6 Å². The van der Waals surface area contributed by atoms with Crippen molar-refractivity contribution < 1.29 is 19.0 Å². The lowest BCUT2D eigenvalue weighted by Crippen LogP contribution is -2.26. The third-order valence-corrected chi connectivity index (χ3v) is 7.16. The molecule has 11 heteroatoms. The molecule has 0 bridgehead atoms. The van der Waals surface area contributed by atoms with Gasteiger partial charge in [-0.1, -0.05) is 24.3 Å². The first-order valence-corrected chi connectivity index (χ1v) is 13.4. The number of aromatic amines is 1. The first-order valence-electron chi connectivity index (χ1n) is 13.4. The van der Waals surface area contributed by atoms with Gasteiger partial charge in [0.25, 0.3) is 5.91 Å². The molecule has 3 N–H and O–H groups in total. The SMILES string of the molecule is CNC(=O)c1ccc(Nc2nc(OC3CCOCC3)c3c(-c4ccc(-c5nccn5C)cc4)c[nH]c3n2)c(OC)c1. The van der Waals surface area contributed by atoms with E-state index in [1.54, 1.807) is 38.6 Å². The van der Waals surface area contributed by atoms with E-state index in [1.807, 2.05) is 24.0 Å². The Morgan fingerprint density at radius 2 is 1.88 bits per heavy atom. The van der Waals surface area contributed by atoms with Gasteiger partial charge in [0.2, 0.25) is 11.8 Å². The molecule has 0 spiro atoms. The van der Waals surface area contributed by atoms with Crippen LogP contribution in [0.25, 0.3) is 33.5 Å². The molecule has 0 unspecified atom stereocenters. The number of imidazole rings is 1. The van der Waals surface area contributed by atoms with E-state index in [0.29, 0.717) is 47.7 Å². The lowest BCUT2D eigenvalue weighted by molar-refractivity contribution is 0.0244. The van der Waals surface area contributed by atoms with Gasteiger partial charge in [-0.3, -0.25) is 4.79 Å². The summed E-state index contributed by atoms with van der Waals surface area (Å²) < 4.78 is 19.6. The molecule has 1 fully saturated rings. The first-order chi connectivity index (χ1) is 20.0. The molecule has 0 atom stereocenters. The zero-order valence-corrected chi connectivity index (χ0v) is 23.1. The molecular formula is C30H31N7O4. The van der Waals surface area contributed by atoms with E-state index in [9.17, 15) is 4.79 Å². The monoisotopic (exact) mass is 553 g/mol. The van der Waals surface area contributed by atoms with Crippen LogP contribution in [0.1, 0.15) is 23.2 Å². The Morgan fingerprint density at radius 1 is 1.10 bits per heavy atom. The Bertz CT molecular complexity index is 1690. The average molecular weight is 554 g/mol. The van der Waals surface area contributed by atoms with Crippen molar-refractivity contribution in [1.29, 1.82) is 0 Å². The second kappa shape index (κ2) is 11.3. The third-order valence-electron chi connectivity index (χ3n) is 7.16. The van der Waals surface area contributed by atoms with Crippen LogP contribution in [0, 0.1) is 0 Å². The van der Waals surface area contributed by atoms with Gasteiger partial charge in [-0.15, -0.1) is 0 Å². The van der Waals surface area contributed by atoms with Gasteiger partial charge in [-0.2, -0.15) is 9.97 Å². The smallest absolute Gasteiger partial charge is 0.251 e. The number of carbonyl (C=O) groups is 1. The molecule has 41 heavy (non-hydrogen) atoms. The number of methoxy groups -OCH3 is 1. The van der Waals surface area contributed by atoms with Crippen molar-refractivity contribution in [2.75, 3.05) is 32.7 Å². The number of fused-ring (bicyclic) bond motifs is 1. The van der Waals surface area contributed by atoms with Crippen molar-refractivity contribution >= 4 is 28.6 Å². The molecule has 210 valence electrons. The van der Waals surface area contributed by atoms with E-state index in [1.165, 1.54) is 0 Å². The molecule has 0 radical (unpaired) electrons. The van der Waals surface area contributed by atoms with Crippen molar-refractivity contribution in [1.82, 2.24) is 29.8 Å². The van der Waals surface area contributed by atoms with Crippen LogP contribution in [0.2, 0.25) is 0 Å². The minimum atomic E-state index is -0.202. The number of aromatic nitrogens is 5. The first kappa shape index (κ1) is 26.3. The average Bonchev–Trinajstić information content (AvgIpc) is 3.64. The highest BCUT2D eigenvalue weighted by atomic mass is 16.5. The van der Waals surface area contributed by atoms with Gasteiger partial charge in [0.1, 0.15) is 23.3 Å². The highest BCUT2D eigenvalue weighted by Gasteiger charge is 2.22. The predicted octanol–water partition coefficient (Wildman–Crippen LogP) is 4.70. The summed E-state index contributed by atoms with van der Waals surface area (Å²) in [6.45, 7) is 1.29. The summed E-state index contributed by atoms with van der Waals surface area (Å²) in [5.74, 6) is 2.00. The van der Waals surface area contributed by atoms with Crippen molar-refractivity contribution in [3.63, 3.8) is 0 Å². The molecule has 1 aliphatic rings. The van der Waals surface area contributed by atoms with Gasteiger partial charge >= 0.3 is 0 Å². The fourth-order valence-corrected chi connectivity index (χ4v) is 4.96. The number of rotatable bonds is 8. The lowest BCUT2D eigenvalue weighted by Gasteiger charge is -2.23. The highest BCUT2D eigenvalue weighted by molar-refractivity contribution is 5.98. The number of ether oxygens (including phenoxy) is 3. The van der Waals surface area contributed by atoms with E-state index in [4.69, 9.17) is 24.2 Å². The second-order valence-corrected chi connectivity index (χ2v) is 9.77. The predicted molar refractivity (Wildman–Crippen MR) is 156 cm³/mol. The summed E-state index contributed by atoms with van der Waals surface area (Å²) in [6.07, 6.45) is 7.18. The van der Waals surface area contributed by atoms with E-state index < -0.39 is 0 Å². The highest BCUT2D eigenvalue weighted by Crippen LogP contribution is 2.37. The largest absolute Gasteiger partial charge is 0.495 e. The molecule has 1 saturated heterocycles. The quantitative estimate of drug-likeness (QED) is 0.252. The molecule has 4 heterocycles. The fraction of sp³-hybridized carbons (Fsp3) is 0.267. The Morgan fingerprint density at radius 3 is 2.59 bits per heavy atom. The zero-order chi connectivity index (χ0) is 28.3. The maximum atomic E-state index is 12.1. The summed E-state index contributed by atoms with van der Waals surface area (Å²) in [4.78, 5) is 29.4. The summed E-state index contributed by atoms with van der Waals surface area (Å²) >= 11 is 0. The van der Waals surface area contributed by atoms with Crippen LogP contribution >= 0.6 is 0 Å². The van der Waals surface area contributed by atoms with E-state index in [-0.39, 0.29) is 12.0 Å². The van der Waals surface area contributed by atoms with Crippen LogP contribution in [-0.4, -0.2) is 63.9 Å². The summed E-state index contributed by atoms with van der Waals surface area (Å²) in [6, 6.07) is 13.4. The van der Waals surface area contributed by atoms with Crippen LogP contribution in [0.3, 0.4) is 0 Å². The van der Waals surface area contributed by atoms with Gasteiger partial charge in [-0.05, 0) is 23.8 Å². The Balaban J connectivity index is 1.38. The number of hydrogen-bond acceptors (Lipinski definition) is 8. The fourth-order valence-electron chi connectivity index (χ4n) is 4.96. The van der Waals surface area contributed by atoms with Gasteiger partial charge in [0, 0.05) is 62.2 Å². The van der Waals surface area contributed by atoms with Gasteiger partial charge in [0.15, 0.2) is 0 Å². The number of hydrogen-bond donors (Lipinski definition) is 3. The summed E-state index contributed by atoms with van der Waals surface area (Å²) in [5, 5.41) is 6.66. The number of H-pyrrole nitrogens is 1. The molecule has 1 amide bonds. The van der Waals surface area contributed by atoms with Gasteiger partial charge in [-0.25, -0.2) is 4.98 Å². The summed E-state index contributed by atoms with van der Waals surface area (Å²) in [7, 11) is 5.11. The molecule has 3 aromatic heterocycles. The lowest BCUT2D eigenvalue weighted by atomic mass is 10.0. The molecule has 6 rings (SSSR count). The zero-order valence-electron chi connectivity index (χ0n) is 23.1. The Kier molecular flexibility index (Phi) is 7.26. The molecule has 2 aromatic carbocycles. The van der Waals surface area contributed by atoms with E-state index >= 15 is 0 Å². The summed E-state index contributed by atoms with van der Waals surface area (Å²) in [5.41, 5.74) is 4.70. The van der Waals surface area contributed by atoms with Crippen LogP contribution in [0.4, 0.5) is 11.6 Å². The number of nitrogens with zero attached hydrogens (tertiary/aromatic N) is 4. The number of amides is 1. The van der Waals surface area contributed by atoms with Crippen LogP contribution in [0.15, 0.2) is 61.1 Å². The van der Waals surface area contributed by atoms with E-state index in [2.05, 4.69) is 44.9 Å². The van der Waals surface area contributed by atoms with Crippen LogP contribution in [-0.2, 0) is 11.8 Å². The molecule has 11 nitrogen and oxygen atoms in total. The maximum Gasteiger partial charge on any atom is 0.251 e. The number of aryl methyl sites for hydroxylation is 1. The topological polar surface area (TPSA) is 128 Å². The molecule has 0 saturated carbocycles. The van der Waals surface area contributed by atoms with Gasteiger partial charge in [0.05, 0.1) is 31.4 Å². The molecular weight excluding hydrogens is 522 g/mol. The van der Waals surface area contributed by atoms with Gasteiger partial charge < -0.3 is 34.4 Å². The normalized spacial score (nSPS) is 13.7. The Labute approximate surface area is 236 Å². The van der Waals surface area contributed by atoms with Crippen LogP contribution in [0.5, 0.6) is 11.6 Å². The van der Waals surface area contributed by atoms with Crippen molar-refractivity contribution in [2.24, 2.45) is 7.05 Å². The molecule has 1 aliphatic heterocycles. The second-order valence-electron chi connectivity index (χ2n) is 9.77. The molecule has 0 aliphatic carbocycles. The third kappa shape index (κ3) is 5.31. The number of nitrogens with one attached hydrogen (secondary N) is 3. The minimum absolute atomic E-state index is 0.0235. The maximum absolute atomic E-state index is 12.1. The minimum Gasteiger partial charge on any atom is -0.495 e. The van der Waals surface area contributed by atoms with E-state index in [0.717, 1.165) is 40.7 Å². The Hall–Kier alpha value is -4.90. The van der Waals surface area contributed by atoms with Crippen molar-refractivity contribution in [3.8, 4) is 34.1 Å². The van der Waals surface area contributed by atoms with Crippen LogP contribution < -0.4 is 20.1 Å². The number of carbonyl (C=O) groups excluding carboxylic acids is 1. The molecule has 5 aromatic rings. The standard InChI is InChI=1S/C30H31N7O4/c1-31-28(38)20-8-9-23(24(16-20)39-3)34-30-35-26-25(29(36-30)41-21-10-14-40-15-11-21)22(17-33-26)18-4-6-19(7-5-18)27-32-12-13-37(27)2/h4-9,12-13,16-17,21H,10-11,14-15H2,1-3H3,(H,31,38)(H2,33,34,35,36).